The summed E-state index contributed by atoms with van der Waals surface area (Å²) in [7, 11) is 0. The van der Waals surface area contributed by atoms with Gasteiger partial charge in [-0.05, 0) is 48.3 Å². The Morgan fingerprint density at radius 1 is 1.24 bits per heavy atom. The Labute approximate surface area is 133 Å². The first kappa shape index (κ1) is 14.9. The lowest BCUT2D eigenvalue weighted by Crippen LogP contribution is -2.66. The van der Waals surface area contributed by atoms with Crippen molar-refractivity contribution in [1.82, 2.24) is 0 Å². The van der Waals surface area contributed by atoms with E-state index >= 15 is 0 Å². The van der Waals surface area contributed by atoms with Crippen LogP contribution < -0.4 is 0 Å². The molecule has 1 aromatic rings. The Hall–Kier alpha value is -1.06. The van der Waals surface area contributed by atoms with Crippen molar-refractivity contribution in [2.24, 2.45) is 16.7 Å². The molecular formula is C16H16Cl2O3. The maximum atomic E-state index is 12.3. The van der Waals surface area contributed by atoms with Crippen molar-refractivity contribution < 1.29 is 14.7 Å². The van der Waals surface area contributed by atoms with E-state index in [1.807, 2.05) is 0 Å². The van der Waals surface area contributed by atoms with E-state index in [0.717, 1.165) is 19.3 Å². The summed E-state index contributed by atoms with van der Waals surface area (Å²) in [6.07, 6.45) is 3.01. The molecule has 2 bridgehead atoms. The van der Waals surface area contributed by atoms with Gasteiger partial charge in [-0.2, -0.15) is 0 Å². The fourth-order valence-corrected chi connectivity index (χ4v) is 4.40. The smallest absolute Gasteiger partial charge is 0.306 e. The average molecular weight is 327 g/mol. The Morgan fingerprint density at radius 3 is 2.38 bits per heavy atom. The molecule has 3 fully saturated rings. The van der Waals surface area contributed by atoms with Gasteiger partial charge in [-0.1, -0.05) is 30.1 Å². The highest BCUT2D eigenvalue weighted by atomic mass is 35.5. The second-order valence-corrected chi connectivity index (χ2v) is 7.50. The summed E-state index contributed by atoms with van der Waals surface area (Å²) in [4.78, 5) is 23.4. The number of carboxylic acid groups (broad SMARTS) is 1. The molecule has 0 aromatic heterocycles. The molecule has 0 amide bonds. The predicted octanol–water partition coefficient (Wildman–Crippen LogP) is 4.46. The van der Waals surface area contributed by atoms with Gasteiger partial charge in [-0.25, -0.2) is 0 Å². The van der Waals surface area contributed by atoms with E-state index in [4.69, 9.17) is 28.3 Å². The predicted molar refractivity (Wildman–Crippen MR) is 80.9 cm³/mol. The van der Waals surface area contributed by atoms with Crippen LogP contribution in [0.1, 0.15) is 43.0 Å². The highest BCUT2D eigenvalue weighted by Crippen LogP contribution is 2.77. The van der Waals surface area contributed by atoms with E-state index in [1.54, 1.807) is 25.1 Å². The minimum atomic E-state index is -0.737. The van der Waals surface area contributed by atoms with Gasteiger partial charge in [0.25, 0.3) is 0 Å². The number of carbonyl (C=O) groups excluding carboxylic acids is 1. The fraction of sp³-hybridized carbons (Fsp3) is 0.500. The number of aliphatic carboxylic acids is 1. The minimum absolute atomic E-state index is 0.0207. The molecule has 1 N–H and O–H groups in total. The van der Waals surface area contributed by atoms with Crippen molar-refractivity contribution in [2.45, 2.75) is 32.6 Å². The van der Waals surface area contributed by atoms with Gasteiger partial charge in [0.15, 0.2) is 5.78 Å². The first-order valence-corrected chi connectivity index (χ1v) is 7.74. The molecule has 112 valence electrons. The maximum absolute atomic E-state index is 12.3. The SMILES string of the molecule is CC(C(=O)O)C12CC(CC(=O)c3ccc(Cl)c(Cl)c3)(C1)C2. The van der Waals surface area contributed by atoms with Crippen molar-refractivity contribution in [1.29, 1.82) is 0 Å². The number of rotatable bonds is 5. The molecule has 1 aromatic carbocycles. The Morgan fingerprint density at radius 2 is 1.86 bits per heavy atom. The molecule has 0 aliphatic heterocycles. The zero-order chi connectivity index (χ0) is 15.4. The summed E-state index contributed by atoms with van der Waals surface area (Å²) in [6, 6.07) is 4.93. The van der Waals surface area contributed by atoms with Crippen LogP contribution in [0.3, 0.4) is 0 Å². The second kappa shape index (κ2) is 4.72. The second-order valence-electron chi connectivity index (χ2n) is 6.68. The third-order valence-corrected chi connectivity index (χ3v) is 5.99. The van der Waals surface area contributed by atoms with Crippen molar-refractivity contribution >= 4 is 35.0 Å². The van der Waals surface area contributed by atoms with E-state index in [2.05, 4.69) is 0 Å². The van der Waals surface area contributed by atoms with Crippen LogP contribution in [0.25, 0.3) is 0 Å². The first-order valence-electron chi connectivity index (χ1n) is 6.98. The summed E-state index contributed by atoms with van der Waals surface area (Å²) in [6.45, 7) is 1.77. The van der Waals surface area contributed by atoms with Crippen molar-refractivity contribution in [3.05, 3.63) is 33.8 Å². The van der Waals surface area contributed by atoms with Crippen LogP contribution in [-0.2, 0) is 4.79 Å². The molecule has 3 nitrogen and oxygen atoms in total. The molecule has 3 aliphatic carbocycles. The lowest BCUT2D eigenvalue weighted by Gasteiger charge is -2.72. The van der Waals surface area contributed by atoms with E-state index in [0.29, 0.717) is 22.0 Å². The Kier molecular flexibility index (Phi) is 3.34. The minimum Gasteiger partial charge on any atom is -0.481 e. The Bertz CT molecular complexity index is 619. The van der Waals surface area contributed by atoms with Crippen LogP contribution in [0, 0.1) is 16.7 Å². The lowest BCUT2D eigenvalue weighted by atomic mass is 9.31. The van der Waals surface area contributed by atoms with E-state index in [9.17, 15) is 9.59 Å². The summed E-state index contributed by atoms with van der Waals surface area (Å²) in [5.74, 6) is -0.997. The third-order valence-electron chi connectivity index (χ3n) is 5.25. The third kappa shape index (κ3) is 2.27. The molecule has 0 spiro atoms. The molecule has 0 saturated heterocycles. The molecule has 21 heavy (non-hydrogen) atoms. The number of Topliss-reactive ketones (excluding diaryl/α,β-unsaturated/α-hetero) is 1. The number of halogens is 2. The number of benzene rings is 1. The zero-order valence-corrected chi connectivity index (χ0v) is 13.2. The van der Waals surface area contributed by atoms with Gasteiger partial charge in [-0.3, -0.25) is 9.59 Å². The molecule has 0 heterocycles. The van der Waals surface area contributed by atoms with Crippen molar-refractivity contribution in [2.75, 3.05) is 0 Å². The van der Waals surface area contributed by atoms with Crippen LogP contribution in [-0.4, -0.2) is 16.9 Å². The van der Waals surface area contributed by atoms with E-state index in [-0.39, 0.29) is 22.5 Å². The van der Waals surface area contributed by atoms with E-state index < -0.39 is 5.97 Å². The van der Waals surface area contributed by atoms with Crippen LogP contribution in [0.4, 0.5) is 0 Å². The summed E-state index contributed by atoms with van der Waals surface area (Å²) < 4.78 is 0. The topological polar surface area (TPSA) is 54.4 Å². The normalized spacial score (nSPS) is 31.0. The zero-order valence-electron chi connectivity index (χ0n) is 11.7. The number of carboxylic acids is 1. The van der Waals surface area contributed by atoms with Crippen LogP contribution >= 0.6 is 23.2 Å². The van der Waals surface area contributed by atoms with Gasteiger partial charge in [0.1, 0.15) is 0 Å². The van der Waals surface area contributed by atoms with Gasteiger partial charge in [0.2, 0.25) is 0 Å². The summed E-state index contributed by atoms with van der Waals surface area (Å²) in [5, 5.41) is 9.94. The van der Waals surface area contributed by atoms with Gasteiger partial charge >= 0.3 is 5.97 Å². The first-order chi connectivity index (χ1) is 9.77. The standard InChI is InChI=1S/C16H16Cl2O3/c1-9(14(20)21)16-6-15(7-16,8-16)5-13(19)10-2-3-11(17)12(18)4-10/h2-4,9H,5-8H2,1H3,(H,20,21). The van der Waals surface area contributed by atoms with Crippen LogP contribution in [0.5, 0.6) is 0 Å². The monoisotopic (exact) mass is 326 g/mol. The van der Waals surface area contributed by atoms with E-state index in [1.165, 1.54) is 0 Å². The lowest BCUT2D eigenvalue weighted by molar-refractivity contribution is -0.232. The van der Waals surface area contributed by atoms with Gasteiger partial charge in [0.05, 0.1) is 16.0 Å². The molecular weight excluding hydrogens is 311 g/mol. The average Bonchev–Trinajstić information content (AvgIpc) is 2.34. The van der Waals surface area contributed by atoms with Crippen molar-refractivity contribution in [3.63, 3.8) is 0 Å². The number of ketones is 1. The molecule has 4 rings (SSSR count). The van der Waals surface area contributed by atoms with Gasteiger partial charge in [0, 0.05) is 12.0 Å². The van der Waals surface area contributed by atoms with Crippen LogP contribution in [0.15, 0.2) is 18.2 Å². The van der Waals surface area contributed by atoms with Crippen molar-refractivity contribution in [3.8, 4) is 0 Å². The molecule has 5 heteroatoms. The molecule has 3 saturated carbocycles. The number of carbonyl (C=O) groups is 2. The highest BCUT2D eigenvalue weighted by molar-refractivity contribution is 6.42. The van der Waals surface area contributed by atoms with Gasteiger partial charge in [-0.15, -0.1) is 0 Å². The summed E-state index contributed by atoms with van der Waals surface area (Å²) >= 11 is 11.8. The van der Waals surface area contributed by atoms with Gasteiger partial charge < -0.3 is 5.11 Å². The largest absolute Gasteiger partial charge is 0.481 e. The Balaban J connectivity index is 1.64. The molecule has 1 atom stereocenters. The molecule has 3 aliphatic rings. The quantitative estimate of drug-likeness (QED) is 0.813. The van der Waals surface area contributed by atoms with Crippen LogP contribution in [0.2, 0.25) is 10.0 Å². The highest BCUT2D eigenvalue weighted by Gasteiger charge is 2.70. The maximum Gasteiger partial charge on any atom is 0.306 e. The molecule has 0 radical (unpaired) electrons. The number of hydrogen-bond acceptors (Lipinski definition) is 2. The fourth-order valence-electron chi connectivity index (χ4n) is 4.11. The number of hydrogen-bond donors (Lipinski definition) is 1. The summed E-state index contributed by atoms with van der Waals surface area (Å²) in [5.41, 5.74) is 0.533. The molecule has 1 unspecified atom stereocenters.